The summed E-state index contributed by atoms with van der Waals surface area (Å²) in [5.41, 5.74) is 4.97. The second-order valence-electron chi connectivity index (χ2n) is 10.6. The highest BCUT2D eigenvalue weighted by molar-refractivity contribution is 5.97. The molecule has 0 unspecified atom stereocenters. The predicted molar refractivity (Wildman–Crippen MR) is 151 cm³/mol. The number of likely N-dealkylation sites (N-methyl/N-ethyl adjacent to an activating group) is 1. The van der Waals surface area contributed by atoms with Crippen LogP contribution in [0, 0.1) is 6.92 Å². The maximum absolute atomic E-state index is 13.5. The van der Waals surface area contributed by atoms with Crippen LogP contribution < -0.4 is 15.1 Å². The largest absolute Gasteiger partial charge is 0.355 e. The highest BCUT2D eigenvalue weighted by Gasteiger charge is 2.30. The maximum Gasteiger partial charge on any atom is 0.256 e. The van der Waals surface area contributed by atoms with Crippen LogP contribution in [0.2, 0.25) is 0 Å². The number of anilines is 2. The first-order valence-electron chi connectivity index (χ1n) is 14.0. The van der Waals surface area contributed by atoms with Crippen molar-refractivity contribution in [1.29, 1.82) is 0 Å². The number of hydrogen-bond donors (Lipinski definition) is 1. The van der Waals surface area contributed by atoms with Crippen molar-refractivity contribution in [2.24, 2.45) is 0 Å². The first-order valence-corrected chi connectivity index (χ1v) is 14.0. The highest BCUT2D eigenvalue weighted by atomic mass is 19.3. The van der Waals surface area contributed by atoms with Crippen molar-refractivity contribution in [1.82, 2.24) is 15.3 Å². The van der Waals surface area contributed by atoms with Crippen LogP contribution in [0.1, 0.15) is 54.9 Å². The molecule has 0 bridgehead atoms. The number of hydrogen-bond acceptors (Lipinski definition) is 5. The van der Waals surface area contributed by atoms with Crippen LogP contribution in [0.3, 0.4) is 0 Å². The Labute approximate surface area is 234 Å². The monoisotopic (exact) mass is 555 g/mol. The van der Waals surface area contributed by atoms with E-state index in [1.165, 1.54) is 11.1 Å². The van der Waals surface area contributed by atoms with E-state index in [1.54, 1.807) is 23.0 Å². The van der Waals surface area contributed by atoms with Gasteiger partial charge in [0, 0.05) is 44.5 Å². The second kappa shape index (κ2) is 13.2. The maximum atomic E-state index is 13.5. The lowest BCUT2D eigenvalue weighted by Gasteiger charge is -2.34. The van der Waals surface area contributed by atoms with Gasteiger partial charge in [0.25, 0.3) is 12.3 Å². The van der Waals surface area contributed by atoms with Gasteiger partial charge >= 0.3 is 0 Å². The molecular weight excluding hydrogens is 516 g/mol. The molecule has 3 amide bonds. The number of carbonyl (C=O) groups excluding carboxylic acids is 3. The van der Waals surface area contributed by atoms with Crippen LogP contribution >= 0.6 is 0 Å². The van der Waals surface area contributed by atoms with Gasteiger partial charge in [-0.2, -0.15) is 0 Å². The Bertz CT molecular complexity index is 1210. The highest BCUT2D eigenvalue weighted by Crippen LogP contribution is 2.35. The zero-order valence-electron chi connectivity index (χ0n) is 23.6. The second-order valence-corrected chi connectivity index (χ2v) is 10.6. The van der Waals surface area contributed by atoms with E-state index in [0.29, 0.717) is 43.0 Å². The number of carbonyl (C=O) groups is 3. The van der Waals surface area contributed by atoms with Gasteiger partial charge in [-0.15, -0.1) is 0 Å². The van der Waals surface area contributed by atoms with Gasteiger partial charge in [0.2, 0.25) is 11.8 Å². The summed E-state index contributed by atoms with van der Waals surface area (Å²) in [4.78, 5) is 41.8. The Balaban J connectivity index is 1.56. The molecular formula is C30H39F2N5O3. The van der Waals surface area contributed by atoms with Gasteiger partial charge in [-0.25, -0.2) is 13.8 Å². The van der Waals surface area contributed by atoms with Crippen molar-refractivity contribution >= 4 is 29.1 Å². The zero-order valence-corrected chi connectivity index (χ0v) is 23.6. The van der Waals surface area contributed by atoms with E-state index < -0.39 is 13.0 Å². The van der Waals surface area contributed by atoms with Gasteiger partial charge in [-0.1, -0.05) is 44.0 Å². The lowest BCUT2D eigenvalue weighted by Crippen LogP contribution is -2.48. The molecule has 2 heterocycles. The van der Waals surface area contributed by atoms with Crippen molar-refractivity contribution in [2.75, 3.05) is 43.0 Å². The fourth-order valence-corrected chi connectivity index (χ4v) is 5.37. The van der Waals surface area contributed by atoms with Crippen LogP contribution in [-0.4, -0.2) is 67.4 Å². The molecule has 2 aliphatic heterocycles. The minimum Gasteiger partial charge on any atom is -0.355 e. The number of unbranched alkanes of at least 4 members (excludes halogenated alkanes) is 2. The number of aryl methyl sites for hydroxylation is 2. The third-order valence-corrected chi connectivity index (χ3v) is 7.63. The van der Waals surface area contributed by atoms with Gasteiger partial charge in [0.05, 0.1) is 19.6 Å². The van der Waals surface area contributed by atoms with Crippen molar-refractivity contribution in [3.05, 3.63) is 58.7 Å². The molecule has 0 fully saturated rings. The SMILES string of the molecule is CCCCCNC(=O)CN(CC(=O)N(C)N1Cc2ccccc2C1)c1cc2c(cc1C)N(CC(F)F)C(=O)CC2. The lowest BCUT2D eigenvalue weighted by atomic mass is 9.97. The molecule has 2 aromatic carbocycles. The molecule has 0 atom stereocenters. The number of hydrazine groups is 1. The molecule has 10 heteroatoms. The standard InChI is InChI=1S/C30H39F2N5O3/c1-4-5-8-13-33-28(38)19-35(20-30(40)34(3)36-16-23-9-6-7-10-24(23)17-36)25-15-22-11-12-29(39)37(18-27(31)32)26(22)14-21(25)2/h6-7,9-10,14-15,27H,4-5,8,11-13,16-20H2,1-3H3,(H,33,38). The predicted octanol–water partition coefficient (Wildman–Crippen LogP) is 4.04. The summed E-state index contributed by atoms with van der Waals surface area (Å²) >= 11 is 0. The van der Waals surface area contributed by atoms with Crippen LogP contribution in [0.15, 0.2) is 36.4 Å². The summed E-state index contributed by atoms with van der Waals surface area (Å²) in [5.74, 6) is -0.684. The van der Waals surface area contributed by atoms with E-state index in [1.807, 2.05) is 30.1 Å². The molecule has 1 N–H and O–H groups in total. The summed E-state index contributed by atoms with van der Waals surface area (Å²) < 4.78 is 26.5. The molecule has 8 nitrogen and oxygen atoms in total. The quantitative estimate of drug-likeness (QED) is 0.400. The smallest absolute Gasteiger partial charge is 0.256 e. The van der Waals surface area contributed by atoms with E-state index in [2.05, 4.69) is 24.4 Å². The van der Waals surface area contributed by atoms with Crippen LogP contribution in [-0.2, 0) is 33.9 Å². The minimum atomic E-state index is -2.65. The Hall–Kier alpha value is -3.53. The molecule has 0 saturated heterocycles. The Morgan fingerprint density at radius 1 is 1.02 bits per heavy atom. The normalized spacial score (nSPS) is 14.8. The van der Waals surface area contributed by atoms with Crippen molar-refractivity contribution < 1.29 is 23.2 Å². The van der Waals surface area contributed by atoms with Crippen molar-refractivity contribution in [3.63, 3.8) is 0 Å². The minimum absolute atomic E-state index is 0.0226. The molecule has 216 valence electrons. The van der Waals surface area contributed by atoms with Gasteiger partial charge < -0.3 is 15.1 Å². The van der Waals surface area contributed by atoms with Gasteiger partial charge in [-0.05, 0) is 54.2 Å². The average Bonchev–Trinajstić information content (AvgIpc) is 3.36. The molecule has 0 radical (unpaired) electrons. The number of alkyl halides is 2. The van der Waals surface area contributed by atoms with Crippen LogP contribution in [0.25, 0.3) is 0 Å². The average molecular weight is 556 g/mol. The van der Waals surface area contributed by atoms with E-state index >= 15 is 0 Å². The third kappa shape index (κ3) is 6.96. The van der Waals surface area contributed by atoms with E-state index in [4.69, 9.17) is 0 Å². The Morgan fingerprint density at radius 2 is 1.73 bits per heavy atom. The van der Waals surface area contributed by atoms with Gasteiger partial charge in [0.15, 0.2) is 0 Å². The molecule has 2 aliphatic rings. The third-order valence-electron chi connectivity index (χ3n) is 7.63. The summed E-state index contributed by atoms with van der Waals surface area (Å²) in [6.07, 6.45) is 0.847. The molecule has 0 saturated carbocycles. The topological polar surface area (TPSA) is 76.2 Å². The summed E-state index contributed by atoms with van der Waals surface area (Å²) in [7, 11) is 1.74. The summed E-state index contributed by atoms with van der Waals surface area (Å²) in [6.45, 7) is 5.01. The zero-order chi connectivity index (χ0) is 28.8. The van der Waals surface area contributed by atoms with Gasteiger partial charge in [-0.3, -0.25) is 19.4 Å². The van der Waals surface area contributed by atoms with E-state index in [0.717, 1.165) is 29.7 Å². The van der Waals surface area contributed by atoms with Crippen molar-refractivity contribution in [2.45, 2.75) is 65.5 Å². The molecule has 0 aromatic heterocycles. The fraction of sp³-hybridized carbons (Fsp3) is 0.500. The number of halogens is 2. The number of amides is 3. The van der Waals surface area contributed by atoms with E-state index in [9.17, 15) is 23.2 Å². The summed E-state index contributed by atoms with van der Waals surface area (Å²) in [5, 5.41) is 6.54. The number of benzene rings is 2. The Morgan fingerprint density at radius 3 is 2.38 bits per heavy atom. The number of fused-ring (bicyclic) bond motifs is 2. The Kier molecular flexibility index (Phi) is 9.73. The number of nitrogens with zero attached hydrogens (tertiary/aromatic N) is 4. The molecule has 4 rings (SSSR count). The fourth-order valence-electron chi connectivity index (χ4n) is 5.37. The van der Waals surface area contributed by atoms with E-state index in [-0.39, 0.29) is 37.2 Å². The molecule has 0 aliphatic carbocycles. The number of rotatable bonds is 12. The van der Waals surface area contributed by atoms with Crippen LogP contribution in [0.5, 0.6) is 0 Å². The molecule has 2 aromatic rings. The van der Waals surface area contributed by atoms with Gasteiger partial charge in [0.1, 0.15) is 0 Å². The first-order chi connectivity index (χ1) is 19.2. The molecule has 0 spiro atoms. The first kappa shape index (κ1) is 29.5. The lowest BCUT2D eigenvalue weighted by molar-refractivity contribution is -0.145. The van der Waals surface area contributed by atoms with Crippen LogP contribution in [0.4, 0.5) is 20.2 Å². The summed E-state index contributed by atoms with van der Waals surface area (Å²) in [6, 6.07) is 11.7. The van der Waals surface area contributed by atoms with Crippen molar-refractivity contribution in [3.8, 4) is 0 Å². The molecule has 40 heavy (non-hydrogen) atoms. The number of nitrogens with one attached hydrogen (secondary N) is 1.